The number of nitrogens with zero attached hydrogens (tertiary/aromatic N) is 1. The van der Waals surface area contributed by atoms with Crippen LogP contribution in [0.3, 0.4) is 0 Å². The van der Waals surface area contributed by atoms with Crippen LogP contribution in [0.1, 0.15) is 18.4 Å². The molecular formula is C16H24N4O3. The minimum atomic E-state index is -0.707. The van der Waals surface area contributed by atoms with E-state index in [0.717, 1.165) is 24.9 Å². The first-order valence-corrected chi connectivity index (χ1v) is 7.69. The molecule has 5 N–H and O–H groups in total. The van der Waals surface area contributed by atoms with Gasteiger partial charge in [-0.05, 0) is 37.1 Å². The maximum absolute atomic E-state index is 11.9. The lowest BCUT2D eigenvalue weighted by Gasteiger charge is -2.22. The summed E-state index contributed by atoms with van der Waals surface area (Å²) in [5, 5.41) is 2.77. The minimum Gasteiger partial charge on any atom is -0.383 e. The highest BCUT2D eigenvalue weighted by molar-refractivity contribution is 5.94. The maximum atomic E-state index is 11.9. The summed E-state index contributed by atoms with van der Waals surface area (Å²) in [6.45, 7) is 1.64. The van der Waals surface area contributed by atoms with Crippen LogP contribution in [0.15, 0.2) is 24.3 Å². The van der Waals surface area contributed by atoms with Crippen LogP contribution in [-0.4, -0.2) is 49.1 Å². The second-order valence-electron chi connectivity index (χ2n) is 5.78. The largest absolute Gasteiger partial charge is 0.383 e. The lowest BCUT2D eigenvalue weighted by molar-refractivity contribution is -0.122. The molecule has 2 rings (SSSR count). The second kappa shape index (κ2) is 8.05. The number of likely N-dealkylation sites (tertiary alicyclic amines) is 1. The van der Waals surface area contributed by atoms with Gasteiger partial charge in [-0.3, -0.25) is 14.5 Å². The zero-order valence-electron chi connectivity index (χ0n) is 13.3. The third-order valence-corrected chi connectivity index (χ3v) is 3.96. The van der Waals surface area contributed by atoms with Crippen molar-refractivity contribution in [2.24, 2.45) is 11.5 Å². The van der Waals surface area contributed by atoms with Crippen molar-refractivity contribution in [1.82, 2.24) is 4.90 Å². The van der Waals surface area contributed by atoms with Crippen molar-refractivity contribution in [3.63, 3.8) is 0 Å². The van der Waals surface area contributed by atoms with Crippen LogP contribution in [-0.2, 0) is 20.9 Å². The predicted molar refractivity (Wildman–Crippen MR) is 87.5 cm³/mol. The van der Waals surface area contributed by atoms with Gasteiger partial charge in [-0.15, -0.1) is 0 Å². The number of hydrogen-bond acceptors (Lipinski definition) is 5. The van der Waals surface area contributed by atoms with Gasteiger partial charge in [0.05, 0.1) is 12.6 Å². The van der Waals surface area contributed by atoms with Gasteiger partial charge in [0, 0.05) is 19.3 Å². The molecule has 1 saturated heterocycles. The standard InChI is InChI=1S/C16H24N4O3/c1-23-10-13(17)16(22)19-12-5-2-4-11(8-12)9-20-7-3-6-14(20)15(18)21/h2,4-5,8,13-14H,3,6-7,9-10,17H2,1H3,(H2,18,21)(H,19,22). The molecule has 1 aromatic carbocycles. The molecule has 1 aliphatic heterocycles. The topological polar surface area (TPSA) is 111 Å². The number of amides is 2. The van der Waals surface area contributed by atoms with E-state index in [0.29, 0.717) is 12.2 Å². The van der Waals surface area contributed by atoms with E-state index in [9.17, 15) is 9.59 Å². The second-order valence-corrected chi connectivity index (χ2v) is 5.78. The van der Waals surface area contributed by atoms with E-state index in [-0.39, 0.29) is 24.5 Å². The monoisotopic (exact) mass is 320 g/mol. The van der Waals surface area contributed by atoms with Crippen molar-refractivity contribution in [2.45, 2.75) is 31.5 Å². The molecule has 1 heterocycles. The smallest absolute Gasteiger partial charge is 0.243 e. The Kier molecular flexibility index (Phi) is 6.09. The van der Waals surface area contributed by atoms with Gasteiger partial charge in [0.25, 0.3) is 0 Å². The fraction of sp³-hybridized carbons (Fsp3) is 0.500. The van der Waals surface area contributed by atoms with Gasteiger partial charge < -0.3 is 21.5 Å². The Labute approximate surface area is 136 Å². The quantitative estimate of drug-likeness (QED) is 0.657. The highest BCUT2D eigenvalue weighted by atomic mass is 16.5. The van der Waals surface area contributed by atoms with Gasteiger partial charge in [-0.1, -0.05) is 12.1 Å². The Hall–Kier alpha value is -1.96. The zero-order valence-corrected chi connectivity index (χ0v) is 13.3. The average molecular weight is 320 g/mol. The Bertz CT molecular complexity index is 564. The summed E-state index contributed by atoms with van der Waals surface area (Å²) in [6.07, 6.45) is 1.77. The number of methoxy groups -OCH3 is 1. The van der Waals surface area contributed by atoms with Crippen LogP contribution in [0.25, 0.3) is 0 Å². The van der Waals surface area contributed by atoms with Gasteiger partial charge >= 0.3 is 0 Å². The summed E-state index contributed by atoms with van der Waals surface area (Å²) in [5.74, 6) is -0.572. The van der Waals surface area contributed by atoms with E-state index in [1.807, 2.05) is 18.2 Å². The number of anilines is 1. The number of hydrogen-bond donors (Lipinski definition) is 3. The van der Waals surface area contributed by atoms with Gasteiger partial charge in [-0.25, -0.2) is 0 Å². The molecule has 1 fully saturated rings. The molecule has 0 saturated carbocycles. The van der Waals surface area contributed by atoms with Crippen LogP contribution < -0.4 is 16.8 Å². The Morgan fingerprint density at radius 3 is 2.96 bits per heavy atom. The van der Waals surface area contributed by atoms with E-state index in [4.69, 9.17) is 16.2 Å². The molecule has 1 aromatic rings. The van der Waals surface area contributed by atoms with Gasteiger partial charge in [0.2, 0.25) is 11.8 Å². The number of nitrogens with two attached hydrogens (primary N) is 2. The summed E-state index contributed by atoms with van der Waals surface area (Å²) in [5.41, 5.74) is 12.8. The highest BCUT2D eigenvalue weighted by Gasteiger charge is 2.28. The van der Waals surface area contributed by atoms with E-state index < -0.39 is 6.04 Å². The molecule has 1 aliphatic rings. The van der Waals surface area contributed by atoms with E-state index in [1.165, 1.54) is 7.11 Å². The molecule has 7 heteroatoms. The molecular weight excluding hydrogens is 296 g/mol. The normalized spacial score (nSPS) is 19.5. The van der Waals surface area contributed by atoms with Crippen LogP contribution in [0.4, 0.5) is 5.69 Å². The molecule has 2 amide bonds. The van der Waals surface area contributed by atoms with Crippen molar-refractivity contribution in [1.29, 1.82) is 0 Å². The lowest BCUT2D eigenvalue weighted by Crippen LogP contribution is -2.40. The zero-order chi connectivity index (χ0) is 16.8. The number of primary amides is 1. The molecule has 0 radical (unpaired) electrons. The van der Waals surface area contributed by atoms with E-state index in [2.05, 4.69) is 10.2 Å². The van der Waals surface area contributed by atoms with E-state index in [1.54, 1.807) is 6.07 Å². The van der Waals surface area contributed by atoms with Crippen LogP contribution >= 0.6 is 0 Å². The van der Waals surface area contributed by atoms with Crippen molar-refractivity contribution < 1.29 is 14.3 Å². The summed E-state index contributed by atoms with van der Waals surface area (Å²) in [6, 6.07) is 6.60. The molecule has 2 atom stereocenters. The first-order valence-electron chi connectivity index (χ1n) is 7.69. The first-order chi connectivity index (χ1) is 11.0. The Morgan fingerprint density at radius 2 is 2.26 bits per heavy atom. The average Bonchev–Trinajstić information content (AvgIpc) is 2.96. The number of carbonyl (C=O) groups is 2. The lowest BCUT2D eigenvalue weighted by atomic mass is 10.1. The molecule has 126 valence electrons. The van der Waals surface area contributed by atoms with Crippen LogP contribution in [0, 0.1) is 0 Å². The molecule has 2 unspecified atom stereocenters. The molecule has 0 spiro atoms. The number of benzene rings is 1. The fourth-order valence-electron chi connectivity index (χ4n) is 2.81. The first kappa shape index (κ1) is 17.4. The van der Waals surface area contributed by atoms with Gasteiger partial charge in [-0.2, -0.15) is 0 Å². The molecule has 23 heavy (non-hydrogen) atoms. The summed E-state index contributed by atoms with van der Waals surface area (Å²) < 4.78 is 4.87. The Morgan fingerprint density at radius 1 is 1.48 bits per heavy atom. The van der Waals surface area contributed by atoms with Gasteiger partial charge in [0.15, 0.2) is 0 Å². The summed E-state index contributed by atoms with van der Waals surface area (Å²) in [7, 11) is 1.50. The number of ether oxygens (including phenoxy) is 1. The number of nitrogens with one attached hydrogen (secondary N) is 1. The minimum absolute atomic E-state index is 0.166. The van der Waals surface area contributed by atoms with Crippen molar-refractivity contribution in [3.8, 4) is 0 Å². The number of rotatable bonds is 7. The summed E-state index contributed by atoms with van der Waals surface area (Å²) in [4.78, 5) is 25.4. The molecule has 0 aromatic heterocycles. The molecule has 0 bridgehead atoms. The maximum Gasteiger partial charge on any atom is 0.243 e. The third-order valence-electron chi connectivity index (χ3n) is 3.96. The van der Waals surface area contributed by atoms with Crippen LogP contribution in [0.2, 0.25) is 0 Å². The fourth-order valence-corrected chi connectivity index (χ4v) is 2.81. The summed E-state index contributed by atoms with van der Waals surface area (Å²) >= 11 is 0. The predicted octanol–water partition coefficient (Wildman–Crippen LogP) is 0.0485. The molecule has 7 nitrogen and oxygen atoms in total. The third kappa shape index (κ3) is 4.75. The SMILES string of the molecule is COCC(N)C(=O)Nc1cccc(CN2CCCC2C(N)=O)c1. The number of carbonyl (C=O) groups excluding carboxylic acids is 2. The van der Waals surface area contributed by atoms with Gasteiger partial charge in [0.1, 0.15) is 6.04 Å². The molecule has 0 aliphatic carbocycles. The Balaban J connectivity index is 1.99. The van der Waals surface area contributed by atoms with Crippen molar-refractivity contribution >= 4 is 17.5 Å². The highest BCUT2D eigenvalue weighted by Crippen LogP contribution is 2.21. The van der Waals surface area contributed by atoms with Crippen molar-refractivity contribution in [2.75, 3.05) is 25.6 Å². The van der Waals surface area contributed by atoms with Crippen molar-refractivity contribution in [3.05, 3.63) is 29.8 Å². The van der Waals surface area contributed by atoms with Crippen LogP contribution in [0.5, 0.6) is 0 Å². The van der Waals surface area contributed by atoms with E-state index >= 15 is 0 Å².